The molecule has 1 N–H and O–H groups in total. The molecule has 174 valence electrons. The van der Waals surface area contributed by atoms with Crippen LogP contribution in [0.15, 0.2) is 47.4 Å². The maximum Gasteiger partial charge on any atom is 0.307 e. The molecule has 1 saturated heterocycles. The number of piperazine rings is 1. The number of carbonyl (C=O) groups excluding carboxylic acids is 3. The Bertz CT molecular complexity index is 1060. The zero-order valence-corrected chi connectivity index (χ0v) is 20.0. The first-order chi connectivity index (χ1) is 15.9. The number of rotatable bonds is 6. The van der Waals surface area contributed by atoms with Crippen LogP contribution in [0.25, 0.3) is 0 Å². The van der Waals surface area contributed by atoms with Crippen molar-refractivity contribution in [2.45, 2.75) is 30.0 Å². The maximum absolute atomic E-state index is 12.5. The van der Waals surface area contributed by atoms with Gasteiger partial charge in [-0.3, -0.25) is 19.3 Å². The van der Waals surface area contributed by atoms with Gasteiger partial charge < -0.3 is 15.0 Å². The van der Waals surface area contributed by atoms with E-state index >= 15 is 0 Å². The minimum Gasteiger partial charge on any atom is -0.456 e. The molecule has 0 bridgehead atoms. The molecule has 2 aliphatic heterocycles. The van der Waals surface area contributed by atoms with Crippen molar-refractivity contribution in [1.29, 1.82) is 0 Å². The van der Waals surface area contributed by atoms with Crippen LogP contribution in [0.1, 0.15) is 17.5 Å². The number of hydrogen-bond acceptors (Lipinski definition) is 6. The van der Waals surface area contributed by atoms with Crippen molar-refractivity contribution in [2.24, 2.45) is 0 Å². The number of thioether (sulfide) groups is 1. The van der Waals surface area contributed by atoms with Crippen molar-refractivity contribution in [3.8, 4) is 0 Å². The number of carbonyl (C=O) groups is 3. The van der Waals surface area contributed by atoms with Gasteiger partial charge in [-0.05, 0) is 30.7 Å². The van der Waals surface area contributed by atoms with Gasteiger partial charge in [0.05, 0.1) is 17.4 Å². The summed E-state index contributed by atoms with van der Waals surface area (Å²) >= 11 is 7.25. The first-order valence-corrected chi connectivity index (χ1v) is 12.1. The van der Waals surface area contributed by atoms with E-state index in [-0.39, 0.29) is 24.8 Å². The van der Waals surface area contributed by atoms with Crippen LogP contribution in [0.3, 0.4) is 0 Å². The number of esters is 1. The number of nitrogens with one attached hydrogen (secondary N) is 1. The topological polar surface area (TPSA) is 79.0 Å². The van der Waals surface area contributed by atoms with E-state index in [9.17, 15) is 14.4 Å². The average Bonchev–Trinajstić information content (AvgIpc) is 2.79. The number of halogens is 1. The highest BCUT2D eigenvalue weighted by molar-refractivity contribution is 8.01. The fourth-order valence-electron chi connectivity index (χ4n) is 3.92. The van der Waals surface area contributed by atoms with Crippen molar-refractivity contribution in [3.05, 3.63) is 58.6 Å². The van der Waals surface area contributed by atoms with Gasteiger partial charge in [0.25, 0.3) is 5.91 Å². The second-order valence-corrected chi connectivity index (χ2v) is 9.93. The molecule has 1 fully saturated rings. The quantitative estimate of drug-likeness (QED) is 0.630. The van der Waals surface area contributed by atoms with Gasteiger partial charge in [-0.2, -0.15) is 0 Å². The second kappa shape index (κ2) is 10.6. The van der Waals surface area contributed by atoms with E-state index in [0.29, 0.717) is 23.8 Å². The Kier molecular flexibility index (Phi) is 7.57. The van der Waals surface area contributed by atoms with Gasteiger partial charge in [-0.15, -0.1) is 11.8 Å². The van der Waals surface area contributed by atoms with E-state index in [1.807, 2.05) is 6.07 Å². The normalized spacial score (nSPS) is 18.4. The van der Waals surface area contributed by atoms with Crippen LogP contribution < -0.4 is 5.32 Å². The minimum atomic E-state index is -0.605. The fourth-order valence-corrected chi connectivity index (χ4v) is 5.17. The Hall–Kier alpha value is -2.55. The van der Waals surface area contributed by atoms with Gasteiger partial charge in [0.15, 0.2) is 6.61 Å². The Labute approximate surface area is 202 Å². The molecule has 0 radical (unpaired) electrons. The largest absolute Gasteiger partial charge is 0.456 e. The highest BCUT2D eigenvalue weighted by Crippen LogP contribution is 2.38. The molecule has 4 rings (SSSR count). The molecular formula is C24H26ClN3O4S. The van der Waals surface area contributed by atoms with Crippen LogP contribution in [0.4, 0.5) is 5.69 Å². The van der Waals surface area contributed by atoms with Crippen molar-refractivity contribution in [2.75, 3.05) is 38.1 Å². The number of benzene rings is 2. The van der Waals surface area contributed by atoms with Crippen molar-refractivity contribution >= 4 is 46.8 Å². The summed E-state index contributed by atoms with van der Waals surface area (Å²) in [5, 5.41) is 2.69. The van der Waals surface area contributed by atoms with Gasteiger partial charge in [0, 0.05) is 42.6 Å². The molecule has 0 aliphatic carbocycles. The number of nitrogens with zero attached hydrogens (tertiary/aromatic N) is 2. The summed E-state index contributed by atoms with van der Waals surface area (Å²) in [7, 11) is 0. The molecule has 9 heteroatoms. The molecule has 7 nitrogen and oxygen atoms in total. The van der Waals surface area contributed by atoms with Gasteiger partial charge >= 0.3 is 5.97 Å². The average molecular weight is 488 g/mol. The molecule has 2 aromatic carbocycles. The van der Waals surface area contributed by atoms with E-state index in [1.54, 1.807) is 17.0 Å². The predicted octanol–water partition coefficient (Wildman–Crippen LogP) is 3.34. The standard InChI is InChI=1S/C24H26ClN3O4S/c1-16-3-2-4-17(11-16)14-27-7-9-28(10-8-27)22(29)15-32-23(30)13-21-24(31)26-19-12-18(25)5-6-20(19)33-21/h2-6,11-12,21H,7-10,13-15H2,1H3,(H,26,31). The second-order valence-electron chi connectivity index (χ2n) is 8.25. The highest BCUT2D eigenvalue weighted by atomic mass is 35.5. The number of fused-ring (bicyclic) bond motifs is 1. The number of anilines is 1. The number of hydrogen-bond donors (Lipinski definition) is 1. The first kappa shape index (κ1) is 23.6. The smallest absolute Gasteiger partial charge is 0.307 e. The molecule has 2 amide bonds. The van der Waals surface area contributed by atoms with Crippen molar-refractivity contribution in [3.63, 3.8) is 0 Å². The molecule has 1 atom stereocenters. The summed E-state index contributed by atoms with van der Waals surface area (Å²) in [5.74, 6) is -1.05. The third-order valence-corrected chi connectivity index (χ3v) is 7.19. The van der Waals surface area contributed by atoms with Crippen LogP contribution in [0.5, 0.6) is 0 Å². The lowest BCUT2D eigenvalue weighted by atomic mass is 10.1. The molecular weight excluding hydrogens is 462 g/mol. The van der Waals surface area contributed by atoms with E-state index < -0.39 is 11.2 Å². The molecule has 0 spiro atoms. The Balaban J connectivity index is 1.19. The summed E-state index contributed by atoms with van der Waals surface area (Å²) in [5.41, 5.74) is 3.14. The molecule has 2 aliphatic rings. The zero-order chi connectivity index (χ0) is 23.4. The molecule has 2 heterocycles. The van der Waals surface area contributed by atoms with Crippen molar-refractivity contribution < 1.29 is 19.1 Å². The summed E-state index contributed by atoms with van der Waals surface area (Å²) in [6.07, 6.45) is -0.101. The molecule has 0 saturated carbocycles. The third kappa shape index (κ3) is 6.28. The number of ether oxygens (including phenoxy) is 1. The molecule has 0 aromatic heterocycles. The van der Waals surface area contributed by atoms with E-state index in [0.717, 1.165) is 24.5 Å². The Morgan fingerprint density at radius 2 is 1.94 bits per heavy atom. The van der Waals surface area contributed by atoms with Gasteiger partial charge in [-0.1, -0.05) is 41.4 Å². The zero-order valence-electron chi connectivity index (χ0n) is 18.4. The minimum absolute atomic E-state index is 0.101. The van der Waals surface area contributed by atoms with E-state index in [2.05, 4.69) is 41.4 Å². The molecule has 33 heavy (non-hydrogen) atoms. The van der Waals surface area contributed by atoms with Crippen LogP contribution in [-0.4, -0.2) is 65.6 Å². The SMILES string of the molecule is Cc1cccc(CN2CCN(C(=O)COC(=O)CC3Sc4ccc(Cl)cc4NC3=O)CC2)c1. The monoisotopic (exact) mass is 487 g/mol. The first-order valence-electron chi connectivity index (χ1n) is 10.9. The number of aryl methyl sites for hydroxylation is 1. The maximum atomic E-state index is 12.5. The predicted molar refractivity (Wildman–Crippen MR) is 128 cm³/mol. The molecule has 2 aromatic rings. The van der Waals surface area contributed by atoms with Crippen LogP contribution >= 0.6 is 23.4 Å². The summed E-state index contributed by atoms with van der Waals surface area (Å²) in [4.78, 5) is 42.0. The summed E-state index contributed by atoms with van der Waals surface area (Å²) < 4.78 is 5.19. The Morgan fingerprint density at radius 3 is 2.70 bits per heavy atom. The van der Waals surface area contributed by atoms with Gasteiger partial charge in [0.1, 0.15) is 0 Å². The fraction of sp³-hybridized carbons (Fsp3) is 0.375. The summed E-state index contributed by atoms with van der Waals surface area (Å²) in [6, 6.07) is 13.6. The van der Waals surface area contributed by atoms with Crippen molar-refractivity contribution in [1.82, 2.24) is 9.80 Å². The van der Waals surface area contributed by atoms with Gasteiger partial charge in [-0.25, -0.2) is 0 Å². The Morgan fingerprint density at radius 1 is 1.15 bits per heavy atom. The lowest BCUT2D eigenvalue weighted by Gasteiger charge is -2.34. The number of amides is 2. The summed E-state index contributed by atoms with van der Waals surface area (Å²) in [6.45, 7) is 5.38. The highest BCUT2D eigenvalue weighted by Gasteiger charge is 2.30. The van der Waals surface area contributed by atoms with Gasteiger partial charge in [0.2, 0.25) is 5.91 Å². The van der Waals surface area contributed by atoms with Crippen LogP contribution in [0, 0.1) is 6.92 Å². The van der Waals surface area contributed by atoms with Crippen LogP contribution in [0.2, 0.25) is 5.02 Å². The third-order valence-electron chi connectivity index (χ3n) is 5.68. The van der Waals surface area contributed by atoms with E-state index in [4.69, 9.17) is 16.3 Å². The van der Waals surface area contributed by atoms with E-state index in [1.165, 1.54) is 22.9 Å². The van der Waals surface area contributed by atoms with Crippen LogP contribution in [-0.2, 0) is 25.7 Å². The molecule has 1 unspecified atom stereocenters. The lowest BCUT2D eigenvalue weighted by Crippen LogP contribution is -2.49. The lowest BCUT2D eigenvalue weighted by molar-refractivity contribution is -0.153.